The summed E-state index contributed by atoms with van der Waals surface area (Å²) in [5.74, 6) is 0. The zero-order valence-corrected chi connectivity index (χ0v) is 6.88. The molecule has 1 aliphatic rings. The number of hydrogen-bond acceptors (Lipinski definition) is 0. The van der Waals surface area contributed by atoms with Crippen LogP contribution in [0, 0.1) is 11.0 Å². The molecule has 0 N–H and O–H groups in total. The van der Waals surface area contributed by atoms with Gasteiger partial charge in [-0.2, -0.15) is 0 Å². The van der Waals surface area contributed by atoms with Crippen LogP contribution < -0.4 is 0 Å². The molecule has 0 saturated heterocycles. The first-order valence-corrected chi connectivity index (χ1v) is 4.13. The van der Waals surface area contributed by atoms with Gasteiger partial charge < -0.3 is 0 Å². The average Bonchev–Trinajstić information content (AvgIpc) is 1.90. The predicted octanol–water partition coefficient (Wildman–Crippen LogP) is 3.33. The minimum absolute atomic E-state index is 0.335. The van der Waals surface area contributed by atoms with Gasteiger partial charge >= 0.3 is 58.8 Å². The van der Waals surface area contributed by atoms with Gasteiger partial charge in [0.05, 0.1) is 0 Å². The molecule has 0 bridgehead atoms. The van der Waals surface area contributed by atoms with Gasteiger partial charge in [-0.15, -0.1) is 0 Å². The molecule has 0 unspecified atom stereocenters. The van der Waals surface area contributed by atoms with E-state index in [1.807, 2.05) is 0 Å². The SMILES string of the molecule is CC1(C#P)CCCCC1. The molecular formula is C8H13P. The molecule has 1 saturated carbocycles. The van der Waals surface area contributed by atoms with Crippen molar-refractivity contribution in [3.05, 3.63) is 0 Å². The second kappa shape index (κ2) is 2.86. The van der Waals surface area contributed by atoms with E-state index in [1.165, 1.54) is 32.1 Å². The van der Waals surface area contributed by atoms with E-state index in [9.17, 15) is 0 Å². The fourth-order valence-electron chi connectivity index (χ4n) is 1.44. The van der Waals surface area contributed by atoms with E-state index in [-0.39, 0.29) is 0 Å². The van der Waals surface area contributed by atoms with Crippen molar-refractivity contribution in [1.82, 2.24) is 0 Å². The molecule has 0 nitrogen and oxygen atoms in total. The van der Waals surface area contributed by atoms with Crippen LogP contribution in [0.2, 0.25) is 0 Å². The van der Waals surface area contributed by atoms with Gasteiger partial charge in [0.25, 0.3) is 0 Å². The first-order chi connectivity index (χ1) is 4.27. The summed E-state index contributed by atoms with van der Waals surface area (Å²) in [5.41, 5.74) is 3.41. The van der Waals surface area contributed by atoms with Crippen LogP contribution in [-0.2, 0) is 0 Å². The maximum atomic E-state index is 4.10. The fourth-order valence-corrected chi connectivity index (χ4v) is 1.67. The Hall–Kier alpha value is 0.210. The normalized spacial score (nSPS) is 24.9. The molecular weight excluding hydrogens is 127 g/mol. The Kier molecular flexibility index (Phi) is 2.33. The van der Waals surface area contributed by atoms with Crippen molar-refractivity contribution in [1.29, 1.82) is 0 Å². The van der Waals surface area contributed by atoms with Gasteiger partial charge in [0, 0.05) is 0 Å². The molecule has 1 rings (SSSR count). The molecule has 9 heavy (non-hydrogen) atoms. The fraction of sp³-hybridized carbons (Fsp3) is 0.875. The van der Waals surface area contributed by atoms with E-state index in [1.54, 1.807) is 0 Å². The van der Waals surface area contributed by atoms with Crippen LogP contribution in [0.5, 0.6) is 0 Å². The molecule has 0 aromatic heterocycles. The Morgan fingerprint density at radius 2 is 1.78 bits per heavy atom. The van der Waals surface area contributed by atoms with E-state index in [4.69, 9.17) is 0 Å². The summed E-state index contributed by atoms with van der Waals surface area (Å²) in [6.45, 7) is 2.25. The summed E-state index contributed by atoms with van der Waals surface area (Å²) in [6, 6.07) is 0. The Bertz CT molecular complexity index is 126. The van der Waals surface area contributed by atoms with Crippen molar-refractivity contribution in [2.24, 2.45) is 5.41 Å². The first kappa shape index (κ1) is 7.32. The van der Waals surface area contributed by atoms with Crippen LogP contribution in [0.3, 0.4) is 0 Å². The van der Waals surface area contributed by atoms with Gasteiger partial charge in [-0.3, -0.25) is 0 Å². The molecule has 50 valence electrons. The third-order valence-corrected chi connectivity index (χ3v) is 2.77. The standard InChI is InChI=1S/C8H13P/c1-8(7-9)5-3-2-4-6-8/h2-6H2,1H3. The Balaban J connectivity index is 2.49. The van der Waals surface area contributed by atoms with E-state index in [2.05, 4.69) is 21.2 Å². The van der Waals surface area contributed by atoms with Crippen LogP contribution >= 0.6 is 8.70 Å². The van der Waals surface area contributed by atoms with Crippen LogP contribution in [-0.4, -0.2) is 0 Å². The Morgan fingerprint density at radius 3 is 2.11 bits per heavy atom. The van der Waals surface area contributed by atoms with Gasteiger partial charge in [0.1, 0.15) is 0 Å². The molecule has 0 heterocycles. The average molecular weight is 140 g/mol. The van der Waals surface area contributed by atoms with Gasteiger partial charge in [0.2, 0.25) is 0 Å². The Morgan fingerprint density at radius 1 is 1.22 bits per heavy atom. The molecule has 0 aliphatic heterocycles. The Labute approximate surface area is 59.5 Å². The van der Waals surface area contributed by atoms with Crippen LogP contribution in [0.1, 0.15) is 39.0 Å². The molecule has 0 spiro atoms. The topological polar surface area (TPSA) is 0 Å². The zero-order chi connectivity index (χ0) is 6.74. The van der Waals surface area contributed by atoms with Crippen LogP contribution in [0.4, 0.5) is 0 Å². The third-order valence-electron chi connectivity index (χ3n) is 2.23. The predicted molar refractivity (Wildman–Crippen MR) is 42.0 cm³/mol. The molecule has 1 aliphatic carbocycles. The summed E-state index contributed by atoms with van der Waals surface area (Å²) >= 11 is 0. The first-order valence-electron chi connectivity index (χ1n) is 3.68. The van der Waals surface area contributed by atoms with E-state index < -0.39 is 0 Å². The monoisotopic (exact) mass is 140 g/mol. The van der Waals surface area contributed by atoms with Gasteiger partial charge in [-0.1, -0.05) is 0 Å². The number of rotatable bonds is 0. The van der Waals surface area contributed by atoms with Crippen LogP contribution in [0.15, 0.2) is 0 Å². The van der Waals surface area contributed by atoms with Crippen molar-refractivity contribution >= 4 is 8.70 Å². The van der Waals surface area contributed by atoms with Gasteiger partial charge in [-0.05, 0) is 0 Å². The maximum absolute atomic E-state index is 4.10. The van der Waals surface area contributed by atoms with E-state index >= 15 is 0 Å². The molecule has 0 atom stereocenters. The van der Waals surface area contributed by atoms with Crippen molar-refractivity contribution < 1.29 is 0 Å². The van der Waals surface area contributed by atoms with E-state index in [0.717, 1.165) is 0 Å². The minimum atomic E-state index is 0.335. The molecule has 0 amide bonds. The van der Waals surface area contributed by atoms with Gasteiger partial charge in [0.15, 0.2) is 0 Å². The quantitative estimate of drug-likeness (QED) is 0.453. The van der Waals surface area contributed by atoms with Crippen molar-refractivity contribution in [3.8, 4) is 5.63 Å². The molecule has 0 radical (unpaired) electrons. The third kappa shape index (κ3) is 1.81. The van der Waals surface area contributed by atoms with Crippen molar-refractivity contribution in [3.63, 3.8) is 0 Å². The van der Waals surface area contributed by atoms with Gasteiger partial charge in [-0.25, -0.2) is 0 Å². The second-order valence-electron chi connectivity index (χ2n) is 3.23. The summed E-state index contributed by atoms with van der Waals surface area (Å²) in [6.07, 6.45) is 6.71. The second-order valence-corrected chi connectivity index (χ2v) is 3.46. The summed E-state index contributed by atoms with van der Waals surface area (Å²) in [7, 11) is 4.10. The van der Waals surface area contributed by atoms with Crippen molar-refractivity contribution in [2.45, 2.75) is 39.0 Å². The van der Waals surface area contributed by atoms with E-state index in [0.29, 0.717) is 5.41 Å². The van der Waals surface area contributed by atoms with Crippen molar-refractivity contribution in [2.75, 3.05) is 0 Å². The summed E-state index contributed by atoms with van der Waals surface area (Å²) in [5, 5.41) is 0. The molecule has 1 fully saturated rings. The summed E-state index contributed by atoms with van der Waals surface area (Å²) in [4.78, 5) is 0. The molecule has 0 aromatic rings. The van der Waals surface area contributed by atoms with Crippen LogP contribution in [0.25, 0.3) is 0 Å². The zero-order valence-electron chi connectivity index (χ0n) is 5.98. The number of hydrogen-bond donors (Lipinski definition) is 0. The molecule has 1 heteroatoms. The molecule has 0 aromatic carbocycles. The summed E-state index contributed by atoms with van der Waals surface area (Å²) < 4.78 is 0.